The van der Waals surface area contributed by atoms with Gasteiger partial charge in [0.2, 0.25) is 0 Å². The van der Waals surface area contributed by atoms with Crippen molar-refractivity contribution in [2.75, 3.05) is 6.61 Å². The van der Waals surface area contributed by atoms with Gasteiger partial charge in [0, 0.05) is 17.1 Å². The van der Waals surface area contributed by atoms with Crippen LogP contribution in [0.1, 0.15) is 56.3 Å². The minimum Gasteiger partial charge on any atom is -0.491 e. The van der Waals surface area contributed by atoms with Gasteiger partial charge in [0.25, 0.3) is 5.56 Å². The number of fused-ring (bicyclic) bond motifs is 1. The van der Waals surface area contributed by atoms with Crippen LogP contribution < -0.4 is 19.6 Å². The maximum atomic E-state index is 14.0. The van der Waals surface area contributed by atoms with Crippen molar-refractivity contribution < 1.29 is 18.7 Å². The Morgan fingerprint density at radius 3 is 2.50 bits per heavy atom. The van der Waals surface area contributed by atoms with E-state index in [4.69, 9.17) is 21.1 Å². The van der Waals surface area contributed by atoms with Crippen molar-refractivity contribution in [3.63, 3.8) is 0 Å². The number of ether oxygens (including phenoxy) is 2. The van der Waals surface area contributed by atoms with Crippen molar-refractivity contribution in [3.05, 3.63) is 113 Å². The average Bonchev–Trinajstić information content (AvgIpc) is 3.39. The first-order chi connectivity index (χ1) is 20.0. The number of halogens is 2. The van der Waals surface area contributed by atoms with Crippen LogP contribution in [0.15, 0.2) is 69.6 Å². The molecule has 10 heteroatoms. The molecule has 0 saturated carbocycles. The van der Waals surface area contributed by atoms with Crippen molar-refractivity contribution in [1.82, 2.24) is 9.13 Å². The van der Waals surface area contributed by atoms with Crippen molar-refractivity contribution in [3.8, 4) is 11.4 Å². The van der Waals surface area contributed by atoms with E-state index < -0.39 is 17.8 Å². The maximum absolute atomic E-state index is 14.0. The number of thiazole rings is 1. The van der Waals surface area contributed by atoms with Gasteiger partial charge in [0.05, 0.1) is 39.6 Å². The van der Waals surface area contributed by atoms with E-state index in [0.717, 1.165) is 28.2 Å². The van der Waals surface area contributed by atoms with Crippen LogP contribution in [0.25, 0.3) is 11.8 Å². The van der Waals surface area contributed by atoms with Gasteiger partial charge in [-0.05, 0) is 95.1 Å². The molecule has 0 bridgehead atoms. The Bertz CT molecular complexity index is 1900. The summed E-state index contributed by atoms with van der Waals surface area (Å²) in [5.74, 6) is -0.308. The molecule has 0 spiro atoms. The summed E-state index contributed by atoms with van der Waals surface area (Å²) in [6.07, 6.45) is 1.83. The molecule has 0 radical (unpaired) electrons. The number of nitrogens with zero attached hydrogens (tertiary/aromatic N) is 3. The minimum atomic E-state index is -0.718. The summed E-state index contributed by atoms with van der Waals surface area (Å²) >= 11 is 7.31. The highest BCUT2D eigenvalue weighted by Gasteiger charge is 2.33. The molecule has 0 aliphatic carbocycles. The number of benzene rings is 2. The van der Waals surface area contributed by atoms with Crippen LogP contribution in [0, 0.1) is 19.7 Å². The molecule has 2 aromatic carbocycles. The van der Waals surface area contributed by atoms with E-state index in [9.17, 15) is 14.0 Å². The summed E-state index contributed by atoms with van der Waals surface area (Å²) in [5.41, 5.74) is 4.60. The smallest absolute Gasteiger partial charge is 0.338 e. The second kappa shape index (κ2) is 11.7. The fourth-order valence-corrected chi connectivity index (χ4v) is 6.42. The van der Waals surface area contributed by atoms with E-state index in [1.165, 1.54) is 17.4 Å². The largest absolute Gasteiger partial charge is 0.491 e. The second-order valence-electron chi connectivity index (χ2n) is 10.3. The number of hydrogen-bond acceptors (Lipinski definition) is 6. The van der Waals surface area contributed by atoms with Crippen LogP contribution in [-0.4, -0.2) is 27.8 Å². The number of carbonyl (C=O) groups excluding carboxylic acids is 1. The molecule has 0 saturated heterocycles. The van der Waals surface area contributed by atoms with E-state index in [0.29, 0.717) is 26.4 Å². The van der Waals surface area contributed by atoms with Crippen molar-refractivity contribution in [1.29, 1.82) is 0 Å². The fourth-order valence-electron chi connectivity index (χ4n) is 5.20. The van der Waals surface area contributed by atoms with Crippen LogP contribution in [0.2, 0.25) is 5.02 Å². The summed E-state index contributed by atoms with van der Waals surface area (Å²) in [6.45, 7) is 11.5. The molecule has 218 valence electrons. The summed E-state index contributed by atoms with van der Waals surface area (Å²) < 4.78 is 29.0. The number of aryl methyl sites for hydroxylation is 1. The van der Waals surface area contributed by atoms with Crippen LogP contribution >= 0.6 is 22.9 Å². The van der Waals surface area contributed by atoms with Crippen molar-refractivity contribution >= 4 is 35.0 Å². The standard InChI is InChI=1S/C32H31ClFN3O4S/c1-7-40-31(39)28-19(5)35-32-37(29(28)21-8-11-24(12-9-21)41-17(2)3)30(38)27(42-32)15-22-14-18(4)36(20(22)6)23-10-13-26(34)25(33)16-23/h8-17,29H,7H2,1-6H3/b27-15+/t29-/m1/s1. The van der Waals surface area contributed by atoms with E-state index in [1.807, 2.05) is 68.7 Å². The predicted octanol–water partition coefficient (Wildman–Crippen LogP) is 5.79. The van der Waals surface area contributed by atoms with Gasteiger partial charge in [0.1, 0.15) is 11.6 Å². The Hall–Kier alpha value is -3.95. The SMILES string of the molecule is CCOC(=O)C1=C(C)N=c2s/c(=C/c3cc(C)n(-c4ccc(F)c(Cl)c4)c3C)c(=O)n2[C@@H]1c1ccc(OC(C)C)cc1. The molecule has 7 nitrogen and oxygen atoms in total. The first-order valence-electron chi connectivity index (χ1n) is 13.6. The van der Waals surface area contributed by atoms with Gasteiger partial charge in [-0.2, -0.15) is 0 Å². The molecule has 0 unspecified atom stereocenters. The molecular formula is C32H31ClFN3O4S. The third-order valence-corrected chi connectivity index (χ3v) is 8.28. The highest BCUT2D eigenvalue weighted by atomic mass is 35.5. The van der Waals surface area contributed by atoms with Gasteiger partial charge in [-0.1, -0.05) is 35.1 Å². The zero-order chi connectivity index (χ0) is 30.3. The quantitative estimate of drug-likeness (QED) is 0.250. The van der Waals surface area contributed by atoms with Crippen LogP contribution in [-0.2, 0) is 9.53 Å². The topological polar surface area (TPSA) is 74.8 Å². The van der Waals surface area contributed by atoms with E-state index >= 15 is 0 Å². The molecule has 0 N–H and O–H groups in total. The molecule has 0 fully saturated rings. The highest BCUT2D eigenvalue weighted by molar-refractivity contribution is 7.07. The molecule has 2 aromatic heterocycles. The lowest BCUT2D eigenvalue weighted by atomic mass is 9.96. The van der Waals surface area contributed by atoms with Crippen molar-refractivity contribution in [2.24, 2.45) is 4.99 Å². The van der Waals surface area contributed by atoms with Crippen LogP contribution in [0.5, 0.6) is 5.75 Å². The molecule has 1 aliphatic rings. The van der Waals surface area contributed by atoms with Gasteiger partial charge in [0.15, 0.2) is 4.80 Å². The van der Waals surface area contributed by atoms with Crippen LogP contribution in [0.3, 0.4) is 0 Å². The van der Waals surface area contributed by atoms with Gasteiger partial charge < -0.3 is 14.0 Å². The lowest BCUT2D eigenvalue weighted by molar-refractivity contribution is -0.139. The third-order valence-electron chi connectivity index (χ3n) is 7.00. The number of hydrogen-bond donors (Lipinski definition) is 0. The maximum Gasteiger partial charge on any atom is 0.338 e. The molecule has 5 rings (SSSR count). The lowest BCUT2D eigenvalue weighted by Crippen LogP contribution is -2.39. The summed E-state index contributed by atoms with van der Waals surface area (Å²) in [5, 5.41) is 0.0337. The van der Waals surface area contributed by atoms with Crippen molar-refractivity contribution in [2.45, 2.75) is 53.7 Å². The van der Waals surface area contributed by atoms with Gasteiger partial charge in [-0.3, -0.25) is 9.36 Å². The first kappa shape index (κ1) is 29.5. The molecule has 1 aliphatic heterocycles. The van der Waals surface area contributed by atoms with Crippen LogP contribution in [0.4, 0.5) is 4.39 Å². The number of carbonyl (C=O) groups is 1. The second-order valence-corrected chi connectivity index (χ2v) is 11.7. The molecule has 42 heavy (non-hydrogen) atoms. The predicted molar refractivity (Wildman–Crippen MR) is 163 cm³/mol. The van der Waals surface area contributed by atoms with E-state index in [-0.39, 0.29) is 23.3 Å². The molecular weight excluding hydrogens is 577 g/mol. The normalized spacial score (nSPS) is 15.2. The minimum absolute atomic E-state index is 0.00718. The summed E-state index contributed by atoms with van der Waals surface area (Å²) in [4.78, 5) is 32.3. The lowest BCUT2D eigenvalue weighted by Gasteiger charge is -2.25. The number of rotatable bonds is 7. The number of allylic oxidation sites excluding steroid dienone is 1. The molecule has 4 aromatic rings. The summed E-state index contributed by atoms with van der Waals surface area (Å²) in [7, 11) is 0. The Kier molecular flexibility index (Phi) is 8.25. The Balaban J connectivity index is 1.66. The Labute approximate surface area is 251 Å². The van der Waals surface area contributed by atoms with Gasteiger partial charge in [-0.15, -0.1) is 0 Å². The van der Waals surface area contributed by atoms with E-state index in [1.54, 1.807) is 30.5 Å². The van der Waals surface area contributed by atoms with Gasteiger partial charge in [-0.25, -0.2) is 14.2 Å². The number of aromatic nitrogens is 2. The summed E-state index contributed by atoms with van der Waals surface area (Å²) in [6, 6.07) is 13.2. The van der Waals surface area contributed by atoms with Gasteiger partial charge >= 0.3 is 5.97 Å². The van der Waals surface area contributed by atoms with E-state index in [2.05, 4.69) is 4.99 Å². The Morgan fingerprint density at radius 2 is 1.86 bits per heavy atom. The zero-order valence-corrected chi connectivity index (χ0v) is 25.8. The first-order valence-corrected chi connectivity index (χ1v) is 14.8. The molecule has 3 heterocycles. The average molecular weight is 608 g/mol. The Morgan fingerprint density at radius 1 is 1.14 bits per heavy atom. The third kappa shape index (κ3) is 5.46. The highest BCUT2D eigenvalue weighted by Crippen LogP contribution is 2.32. The fraction of sp³-hybridized carbons (Fsp3) is 0.281. The zero-order valence-electron chi connectivity index (χ0n) is 24.2. The monoisotopic (exact) mass is 607 g/mol. The molecule has 0 amide bonds. The number of esters is 1. The molecule has 1 atom stereocenters.